The number of Topliss-reactive ketones (excluding diaryl/α,β-unsaturated/α-hetero) is 1. The van der Waals surface area contributed by atoms with E-state index in [9.17, 15) is 4.79 Å². The average molecular weight is 202 g/mol. The molecule has 0 atom stereocenters. The van der Waals surface area contributed by atoms with E-state index in [-0.39, 0.29) is 5.78 Å². The molecule has 0 aromatic heterocycles. The van der Waals surface area contributed by atoms with Crippen molar-refractivity contribution in [2.45, 2.75) is 19.8 Å². The SMILES string of the molecule is COc1ccccc1C#CCCC(C)=O. The number of carbonyl (C=O) groups excluding carboxylic acids is 1. The highest BCUT2D eigenvalue weighted by atomic mass is 16.5. The van der Waals surface area contributed by atoms with Gasteiger partial charge in [0.25, 0.3) is 0 Å². The molecule has 0 aliphatic heterocycles. The lowest BCUT2D eigenvalue weighted by atomic mass is 10.2. The predicted molar refractivity (Wildman–Crippen MR) is 59.8 cm³/mol. The standard InChI is InChI=1S/C13H14O2/c1-11(14)7-3-4-8-12-9-5-6-10-13(12)15-2/h5-6,9-10H,3,7H2,1-2H3. The molecular weight excluding hydrogens is 188 g/mol. The minimum absolute atomic E-state index is 0.171. The molecule has 78 valence electrons. The van der Waals surface area contributed by atoms with Crippen molar-refractivity contribution >= 4 is 5.78 Å². The Balaban J connectivity index is 2.66. The fourth-order valence-corrected chi connectivity index (χ4v) is 1.14. The van der Waals surface area contributed by atoms with Gasteiger partial charge in [0.05, 0.1) is 12.7 Å². The van der Waals surface area contributed by atoms with Gasteiger partial charge in [0.15, 0.2) is 0 Å². The van der Waals surface area contributed by atoms with Gasteiger partial charge in [-0.15, -0.1) is 0 Å². The maximum absolute atomic E-state index is 10.7. The number of hydrogen-bond donors (Lipinski definition) is 0. The molecule has 0 fully saturated rings. The lowest BCUT2D eigenvalue weighted by Crippen LogP contribution is -1.88. The Hall–Kier alpha value is -1.75. The summed E-state index contributed by atoms with van der Waals surface area (Å²) in [5.41, 5.74) is 0.864. The van der Waals surface area contributed by atoms with Crippen LogP contribution in [-0.2, 0) is 4.79 Å². The molecule has 0 heterocycles. The Bertz CT molecular complexity index is 396. The number of rotatable bonds is 3. The van der Waals surface area contributed by atoms with Gasteiger partial charge >= 0.3 is 0 Å². The Kier molecular flexibility index (Phi) is 4.43. The third kappa shape index (κ3) is 3.86. The highest BCUT2D eigenvalue weighted by Crippen LogP contribution is 2.15. The first-order chi connectivity index (χ1) is 7.24. The monoisotopic (exact) mass is 202 g/mol. The van der Waals surface area contributed by atoms with Crippen LogP contribution in [0.15, 0.2) is 24.3 Å². The molecule has 0 N–H and O–H groups in total. The maximum Gasteiger partial charge on any atom is 0.134 e. The molecule has 0 radical (unpaired) electrons. The first kappa shape index (κ1) is 11.3. The molecular formula is C13H14O2. The first-order valence-corrected chi connectivity index (χ1v) is 4.85. The third-order valence-corrected chi connectivity index (χ3v) is 1.93. The van der Waals surface area contributed by atoms with Gasteiger partial charge in [-0.3, -0.25) is 4.79 Å². The molecule has 1 aromatic rings. The number of carbonyl (C=O) groups is 1. The van der Waals surface area contributed by atoms with Crippen LogP contribution in [0, 0.1) is 11.8 Å². The van der Waals surface area contributed by atoms with Gasteiger partial charge in [-0.2, -0.15) is 0 Å². The Labute approximate surface area is 90.3 Å². The van der Waals surface area contributed by atoms with Crippen LogP contribution in [0.5, 0.6) is 5.75 Å². The van der Waals surface area contributed by atoms with E-state index >= 15 is 0 Å². The second-order valence-electron chi connectivity index (χ2n) is 3.20. The zero-order valence-electron chi connectivity index (χ0n) is 9.04. The Morgan fingerprint density at radius 3 is 2.80 bits per heavy atom. The normalized spacial score (nSPS) is 8.93. The summed E-state index contributed by atoms with van der Waals surface area (Å²) in [4.78, 5) is 10.7. The highest BCUT2D eigenvalue weighted by molar-refractivity contribution is 5.75. The Morgan fingerprint density at radius 1 is 1.40 bits per heavy atom. The summed E-state index contributed by atoms with van der Waals surface area (Å²) < 4.78 is 5.15. The van der Waals surface area contributed by atoms with E-state index in [4.69, 9.17) is 4.74 Å². The minimum atomic E-state index is 0.171. The fraction of sp³-hybridized carbons (Fsp3) is 0.308. The van der Waals surface area contributed by atoms with Crippen molar-refractivity contribution < 1.29 is 9.53 Å². The van der Waals surface area contributed by atoms with Crippen LogP contribution >= 0.6 is 0 Å². The van der Waals surface area contributed by atoms with E-state index in [0.717, 1.165) is 11.3 Å². The number of methoxy groups -OCH3 is 1. The first-order valence-electron chi connectivity index (χ1n) is 4.85. The van der Waals surface area contributed by atoms with Crippen LogP contribution in [0.1, 0.15) is 25.3 Å². The summed E-state index contributed by atoms with van der Waals surface area (Å²) >= 11 is 0. The average Bonchev–Trinajstić information content (AvgIpc) is 2.24. The quantitative estimate of drug-likeness (QED) is 0.703. The van der Waals surface area contributed by atoms with Crippen molar-refractivity contribution in [3.05, 3.63) is 29.8 Å². The molecule has 0 amide bonds. The van der Waals surface area contributed by atoms with Crippen LogP contribution in [0.3, 0.4) is 0 Å². The number of para-hydroxylation sites is 1. The molecule has 1 aromatic carbocycles. The van der Waals surface area contributed by atoms with Crippen molar-refractivity contribution in [2.75, 3.05) is 7.11 Å². The van der Waals surface area contributed by atoms with Gasteiger partial charge in [-0.05, 0) is 19.1 Å². The number of benzene rings is 1. The van der Waals surface area contributed by atoms with Gasteiger partial charge in [0.1, 0.15) is 11.5 Å². The van der Waals surface area contributed by atoms with Crippen LogP contribution in [0.4, 0.5) is 0 Å². The molecule has 2 heteroatoms. The number of ether oxygens (including phenoxy) is 1. The highest BCUT2D eigenvalue weighted by Gasteiger charge is 1.96. The third-order valence-electron chi connectivity index (χ3n) is 1.93. The van der Waals surface area contributed by atoms with E-state index in [1.54, 1.807) is 14.0 Å². The van der Waals surface area contributed by atoms with Gasteiger partial charge in [-0.25, -0.2) is 0 Å². The summed E-state index contributed by atoms with van der Waals surface area (Å²) in [6.07, 6.45) is 1.12. The van der Waals surface area contributed by atoms with Crippen molar-refractivity contribution in [2.24, 2.45) is 0 Å². The lowest BCUT2D eigenvalue weighted by molar-refractivity contribution is -0.116. The smallest absolute Gasteiger partial charge is 0.134 e. The molecule has 2 nitrogen and oxygen atoms in total. The van der Waals surface area contributed by atoms with E-state index in [2.05, 4.69) is 11.8 Å². The molecule has 0 spiro atoms. The Morgan fingerprint density at radius 2 is 2.13 bits per heavy atom. The topological polar surface area (TPSA) is 26.3 Å². The van der Waals surface area contributed by atoms with Gasteiger partial charge < -0.3 is 4.74 Å². The van der Waals surface area contributed by atoms with E-state index in [0.29, 0.717) is 12.8 Å². The fourth-order valence-electron chi connectivity index (χ4n) is 1.14. The van der Waals surface area contributed by atoms with E-state index < -0.39 is 0 Å². The maximum atomic E-state index is 10.7. The second kappa shape index (κ2) is 5.87. The van der Waals surface area contributed by atoms with E-state index in [1.807, 2.05) is 24.3 Å². The zero-order valence-corrected chi connectivity index (χ0v) is 9.04. The van der Waals surface area contributed by atoms with Crippen molar-refractivity contribution in [1.82, 2.24) is 0 Å². The van der Waals surface area contributed by atoms with E-state index in [1.165, 1.54) is 0 Å². The summed E-state index contributed by atoms with van der Waals surface area (Å²) in [5.74, 6) is 6.89. The molecule has 0 aliphatic rings. The molecule has 1 rings (SSSR count). The molecule has 0 saturated heterocycles. The van der Waals surface area contributed by atoms with Crippen molar-refractivity contribution in [3.63, 3.8) is 0 Å². The molecule has 0 bridgehead atoms. The number of ketones is 1. The second-order valence-corrected chi connectivity index (χ2v) is 3.20. The van der Waals surface area contributed by atoms with Gasteiger partial charge in [0, 0.05) is 12.8 Å². The van der Waals surface area contributed by atoms with Crippen molar-refractivity contribution in [1.29, 1.82) is 0 Å². The summed E-state index contributed by atoms with van der Waals surface area (Å²) in [6, 6.07) is 7.59. The van der Waals surface area contributed by atoms with Crippen LogP contribution in [0.2, 0.25) is 0 Å². The molecule has 15 heavy (non-hydrogen) atoms. The summed E-state index contributed by atoms with van der Waals surface area (Å²) in [5, 5.41) is 0. The number of hydrogen-bond acceptors (Lipinski definition) is 2. The van der Waals surface area contributed by atoms with Crippen LogP contribution in [0.25, 0.3) is 0 Å². The molecule has 0 saturated carbocycles. The largest absolute Gasteiger partial charge is 0.495 e. The minimum Gasteiger partial charge on any atom is -0.495 e. The molecule has 0 unspecified atom stereocenters. The summed E-state index contributed by atoms with van der Waals surface area (Å²) in [7, 11) is 1.62. The van der Waals surface area contributed by atoms with Crippen LogP contribution in [-0.4, -0.2) is 12.9 Å². The predicted octanol–water partition coefficient (Wildman–Crippen LogP) is 2.42. The van der Waals surface area contributed by atoms with Gasteiger partial charge in [0.2, 0.25) is 0 Å². The van der Waals surface area contributed by atoms with Gasteiger partial charge in [-0.1, -0.05) is 24.0 Å². The van der Waals surface area contributed by atoms with Crippen molar-refractivity contribution in [3.8, 4) is 17.6 Å². The molecule has 0 aliphatic carbocycles. The zero-order chi connectivity index (χ0) is 11.1. The summed E-state index contributed by atoms with van der Waals surface area (Å²) in [6.45, 7) is 1.57. The lowest BCUT2D eigenvalue weighted by Gasteiger charge is -2.00. The van der Waals surface area contributed by atoms with Crippen LogP contribution < -0.4 is 4.74 Å².